The highest BCUT2D eigenvalue weighted by atomic mass is 14.5. The number of allylic oxidation sites excluding steroid dienone is 1. The number of hydrogen-bond donors (Lipinski definition) is 0. The first-order valence-electron chi connectivity index (χ1n) is 31.3. The zero-order valence-corrected chi connectivity index (χ0v) is 52.1. The lowest BCUT2D eigenvalue weighted by atomic mass is 9.75. The third-order valence-corrected chi connectivity index (χ3v) is 19.5. The third-order valence-electron chi connectivity index (χ3n) is 19.5. The van der Waals surface area contributed by atoms with Crippen LogP contribution < -0.4 is 0 Å². The zero-order chi connectivity index (χ0) is 59.3. The van der Waals surface area contributed by atoms with Gasteiger partial charge in [0.2, 0.25) is 0 Å². The van der Waals surface area contributed by atoms with Gasteiger partial charge >= 0.3 is 0 Å². The van der Waals surface area contributed by atoms with Crippen molar-refractivity contribution in [1.82, 2.24) is 0 Å². The van der Waals surface area contributed by atoms with Crippen LogP contribution in [0.4, 0.5) is 0 Å². The van der Waals surface area contributed by atoms with Crippen LogP contribution in [0.25, 0.3) is 127 Å². The largest absolute Gasteiger partial charge is 0.0750 e. The van der Waals surface area contributed by atoms with Crippen molar-refractivity contribution >= 4 is 37.9 Å². The lowest BCUT2D eigenvalue weighted by Gasteiger charge is -2.29. The average molecular weight is 1110 g/mol. The minimum atomic E-state index is -0.0690. The molecule has 0 spiro atoms. The molecule has 0 saturated heterocycles. The molecule has 1 unspecified atom stereocenters. The van der Waals surface area contributed by atoms with E-state index in [1.165, 1.54) is 171 Å². The molecule has 0 heterocycles. The number of hydrogen-bond acceptors (Lipinski definition) is 0. The Balaban J connectivity index is 1.12. The molecular formula is C86H76. The lowest BCUT2D eigenvalue weighted by Crippen LogP contribution is -2.17. The Morgan fingerprint density at radius 3 is 1.13 bits per heavy atom. The van der Waals surface area contributed by atoms with Gasteiger partial charge < -0.3 is 0 Å². The zero-order valence-electron chi connectivity index (χ0n) is 52.1. The molecule has 0 amide bonds. The first-order valence-corrected chi connectivity index (χ1v) is 31.3. The Bertz CT molecular complexity index is 4770. The molecule has 0 radical (unpaired) electrons. The molecule has 3 aliphatic rings. The van der Waals surface area contributed by atoms with Crippen LogP contribution >= 0.6 is 0 Å². The molecule has 420 valence electrons. The van der Waals surface area contributed by atoms with Gasteiger partial charge in [-0.25, -0.2) is 0 Å². The highest BCUT2D eigenvalue weighted by molar-refractivity contribution is 6.25. The Hall–Kier alpha value is -8.84. The van der Waals surface area contributed by atoms with Gasteiger partial charge in [-0.05, 0) is 212 Å². The van der Waals surface area contributed by atoms with E-state index in [2.05, 4.69) is 308 Å². The molecule has 12 aromatic rings. The summed E-state index contributed by atoms with van der Waals surface area (Å²) in [6, 6.07) is 84.5. The summed E-state index contributed by atoms with van der Waals surface area (Å²) in [4.78, 5) is 0. The van der Waals surface area contributed by atoms with Crippen molar-refractivity contribution in [1.29, 1.82) is 0 Å². The van der Waals surface area contributed by atoms with E-state index >= 15 is 0 Å². The quantitative estimate of drug-likeness (QED) is 0.146. The van der Waals surface area contributed by atoms with Crippen molar-refractivity contribution in [2.75, 3.05) is 0 Å². The second-order valence-electron chi connectivity index (χ2n) is 29.1. The molecule has 0 heteroatoms. The van der Waals surface area contributed by atoms with Crippen molar-refractivity contribution in [3.63, 3.8) is 0 Å². The molecule has 1 atom stereocenters. The average Bonchev–Trinajstić information content (AvgIpc) is 1.50. The molecule has 0 fully saturated rings. The van der Waals surface area contributed by atoms with E-state index in [1.54, 1.807) is 0 Å². The van der Waals surface area contributed by atoms with Crippen LogP contribution in [0.1, 0.15) is 140 Å². The van der Waals surface area contributed by atoms with Crippen molar-refractivity contribution in [2.45, 2.75) is 117 Å². The van der Waals surface area contributed by atoms with Gasteiger partial charge in [-0.1, -0.05) is 295 Å². The summed E-state index contributed by atoms with van der Waals surface area (Å²) in [6.45, 7) is 28.6. The van der Waals surface area contributed by atoms with E-state index in [9.17, 15) is 0 Å². The van der Waals surface area contributed by atoms with E-state index in [4.69, 9.17) is 0 Å². The van der Waals surface area contributed by atoms with Crippen molar-refractivity contribution in [3.8, 4) is 89.0 Å². The summed E-state index contributed by atoms with van der Waals surface area (Å²) < 4.78 is 0. The fraction of sp³-hybridized carbons (Fsp3) is 0.209. The Kier molecular flexibility index (Phi) is 12.1. The first kappa shape index (κ1) is 53.9. The molecule has 0 aromatic heterocycles. The molecule has 3 aliphatic carbocycles. The maximum Gasteiger partial charge on any atom is 0.0149 e. The van der Waals surface area contributed by atoms with Crippen LogP contribution in [0.5, 0.6) is 0 Å². The van der Waals surface area contributed by atoms with Gasteiger partial charge in [-0.2, -0.15) is 0 Å². The standard InChI is InChI=1S/C86H76/c1-83(2,3)57-43-55(44-58(49-57)84(4,5)6)73-65-37-25-26-38-66(65)74(56-45-59(85(7,8)9)50-60(46-56)86(10,11)12)80-68-40-42-70-78-69(41-39-67(77(68)78)79(73)80)81-75(63-35-23-21-33-61(63)51-27-15-13-16-28-51)71-47-53-31-19-20-32-54(53)48-72(71)76(82(70)81)64-36-24-22-34-62(64)52-29-17-14-18-30-52/h13-41,43-50,70H,42H2,1-12H3. The van der Waals surface area contributed by atoms with Crippen LogP contribution in [0.3, 0.4) is 0 Å². The number of rotatable bonds is 6. The second kappa shape index (κ2) is 19.3. The number of fused-ring (bicyclic) bond motifs is 9. The first-order chi connectivity index (χ1) is 41.2. The van der Waals surface area contributed by atoms with Crippen molar-refractivity contribution < 1.29 is 0 Å². The predicted octanol–water partition coefficient (Wildman–Crippen LogP) is 24.3. The van der Waals surface area contributed by atoms with E-state index in [0.717, 1.165) is 6.42 Å². The lowest BCUT2D eigenvalue weighted by molar-refractivity contribution is 0.568. The van der Waals surface area contributed by atoms with Gasteiger partial charge in [0.05, 0.1) is 0 Å². The van der Waals surface area contributed by atoms with Gasteiger partial charge in [0.15, 0.2) is 0 Å². The summed E-state index contributed by atoms with van der Waals surface area (Å²) in [7, 11) is 0. The smallest absolute Gasteiger partial charge is 0.0149 e. The fourth-order valence-electron chi connectivity index (χ4n) is 15.0. The van der Waals surface area contributed by atoms with Crippen LogP contribution in [-0.2, 0) is 21.7 Å². The highest BCUT2D eigenvalue weighted by Gasteiger charge is 2.45. The van der Waals surface area contributed by atoms with E-state index in [1.807, 2.05) is 0 Å². The monoisotopic (exact) mass is 1110 g/mol. The van der Waals surface area contributed by atoms with Crippen molar-refractivity contribution in [2.24, 2.45) is 0 Å². The maximum atomic E-state index is 2.70. The van der Waals surface area contributed by atoms with Crippen molar-refractivity contribution in [3.05, 3.63) is 269 Å². The Morgan fingerprint density at radius 2 is 0.651 bits per heavy atom. The molecule has 15 rings (SSSR count). The van der Waals surface area contributed by atoms with Crippen LogP contribution in [0.15, 0.2) is 224 Å². The summed E-state index contributed by atoms with van der Waals surface area (Å²) in [5, 5.41) is 7.68. The molecular weight excluding hydrogens is 1030 g/mol. The topological polar surface area (TPSA) is 0 Å². The maximum absolute atomic E-state index is 2.70. The van der Waals surface area contributed by atoms with Crippen LogP contribution in [-0.4, -0.2) is 0 Å². The SMILES string of the molecule is CC(C)(C)c1cc(-c2c3c(c(-c4cc(C(C)(C)C)cc(C(C)(C)C)c4)c4ccccc24)-c2ccc4c5c2C3=CCC5c2c-4c(-c3ccccc3-c3ccccc3)c3cc4ccccc4cc3c2-c2ccccc2-c2ccccc2)cc(C(C)(C)C)c1. The molecule has 0 bridgehead atoms. The molecule has 0 saturated carbocycles. The Labute approximate surface area is 510 Å². The summed E-state index contributed by atoms with van der Waals surface area (Å²) in [6.07, 6.45) is 3.57. The van der Waals surface area contributed by atoms with Gasteiger partial charge in [-0.3, -0.25) is 0 Å². The molecule has 0 nitrogen and oxygen atoms in total. The van der Waals surface area contributed by atoms with E-state index < -0.39 is 0 Å². The van der Waals surface area contributed by atoms with Crippen LogP contribution in [0, 0.1) is 0 Å². The molecule has 0 aliphatic heterocycles. The van der Waals surface area contributed by atoms with Gasteiger partial charge in [0.1, 0.15) is 0 Å². The normalized spacial score (nSPS) is 14.4. The second-order valence-corrected chi connectivity index (χ2v) is 29.1. The minimum absolute atomic E-state index is 0.0678. The summed E-state index contributed by atoms with van der Waals surface area (Å²) >= 11 is 0. The molecule has 0 N–H and O–H groups in total. The number of benzene rings is 12. The highest BCUT2D eigenvalue weighted by Crippen LogP contribution is 2.67. The van der Waals surface area contributed by atoms with Gasteiger partial charge in [-0.15, -0.1) is 0 Å². The Morgan fingerprint density at radius 1 is 0.256 bits per heavy atom. The summed E-state index contributed by atoms with van der Waals surface area (Å²) in [5.41, 5.74) is 33.1. The van der Waals surface area contributed by atoms with Gasteiger partial charge in [0.25, 0.3) is 0 Å². The van der Waals surface area contributed by atoms with Gasteiger partial charge in [0, 0.05) is 5.92 Å². The third kappa shape index (κ3) is 8.45. The fourth-order valence-corrected chi connectivity index (χ4v) is 15.0. The van der Waals surface area contributed by atoms with E-state index in [0.29, 0.717) is 0 Å². The van der Waals surface area contributed by atoms with E-state index in [-0.39, 0.29) is 27.6 Å². The molecule has 12 aromatic carbocycles. The van der Waals surface area contributed by atoms with Crippen LogP contribution in [0.2, 0.25) is 0 Å². The predicted molar refractivity (Wildman–Crippen MR) is 371 cm³/mol. The molecule has 86 heavy (non-hydrogen) atoms. The summed E-state index contributed by atoms with van der Waals surface area (Å²) in [5.74, 6) is 0.0834. The minimum Gasteiger partial charge on any atom is -0.0750 e.